The maximum atomic E-state index is 12.6. The summed E-state index contributed by atoms with van der Waals surface area (Å²) in [4.78, 5) is 3.22. The first-order valence-corrected chi connectivity index (χ1v) is 4.85. The van der Waals surface area contributed by atoms with Crippen molar-refractivity contribution in [2.24, 2.45) is 4.99 Å². The van der Waals surface area contributed by atoms with Crippen molar-refractivity contribution in [3.05, 3.63) is 28.8 Å². The summed E-state index contributed by atoms with van der Waals surface area (Å²) in [5, 5.41) is 1.76. The Bertz CT molecular complexity index is 510. The number of hydrogen-bond donors (Lipinski definition) is 0. The maximum absolute atomic E-state index is 12.6. The molecule has 1 aromatic rings. The minimum absolute atomic E-state index is 0.0533. The molecule has 0 amide bonds. The van der Waals surface area contributed by atoms with Crippen LogP contribution < -0.4 is 0 Å². The number of alkyl halides is 6. The van der Waals surface area contributed by atoms with Gasteiger partial charge in [-0.1, -0.05) is 0 Å². The average Bonchev–Trinajstić information content (AvgIpc) is 2.17. The zero-order valence-corrected chi connectivity index (χ0v) is 9.59. The van der Waals surface area contributed by atoms with E-state index in [0.29, 0.717) is 6.07 Å². The van der Waals surface area contributed by atoms with Crippen molar-refractivity contribution in [2.75, 3.05) is 0 Å². The quantitative estimate of drug-likeness (QED) is 0.411. The molecule has 0 unspecified atom stereocenters. The molecule has 0 heterocycles. The summed E-state index contributed by atoms with van der Waals surface area (Å²) in [6.45, 7) is 1.02. The number of benzene rings is 1. The van der Waals surface area contributed by atoms with Gasteiger partial charge in [-0.15, -0.1) is 0 Å². The van der Waals surface area contributed by atoms with Crippen molar-refractivity contribution >= 4 is 23.1 Å². The average molecular weight is 285 g/mol. The van der Waals surface area contributed by atoms with Gasteiger partial charge in [0.25, 0.3) is 0 Å². The highest BCUT2D eigenvalue weighted by atomic mass is 32.1. The minimum atomic E-state index is -4.89. The summed E-state index contributed by atoms with van der Waals surface area (Å²) in [5.74, 6) is 0. The fourth-order valence-electron chi connectivity index (χ4n) is 1.32. The molecule has 0 spiro atoms. The molecule has 0 N–H and O–H groups in total. The van der Waals surface area contributed by atoms with E-state index >= 15 is 0 Å². The second kappa shape index (κ2) is 4.70. The third-order valence-electron chi connectivity index (χ3n) is 2.18. The molecular weight excluding hydrogens is 280 g/mol. The standard InChI is InChI=1S/C10H5F6NS/c1-5-7(10(14,15)16)2-6(9(11,12)13)3-8(5)17-4-18/h2-3H,1H3. The lowest BCUT2D eigenvalue weighted by molar-refractivity contribution is -0.143. The Kier molecular flexibility index (Phi) is 3.83. The normalized spacial score (nSPS) is 12.2. The molecule has 0 atom stereocenters. The predicted molar refractivity (Wildman–Crippen MR) is 55.9 cm³/mol. The van der Waals surface area contributed by atoms with Gasteiger partial charge in [-0.3, -0.25) is 0 Å². The van der Waals surface area contributed by atoms with Crippen LogP contribution in [0.25, 0.3) is 0 Å². The summed E-state index contributed by atoms with van der Waals surface area (Å²) >= 11 is 4.19. The van der Waals surface area contributed by atoms with Crippen molar-refractivity contribution < 1.29 is 26.3 Å². The Morgan fingerprint density at radius 1 is 1.06 bits per heavy atom. The topological polar surface area (TPSA) is 12.4 Å². The van der Waals surface area contributed by atoms with E-state index < -0.39 is 34.7 Å². The Hall–Kier alpha value is -1.40. The summed E-state index contributed by atoms with van der Waals surface area (Å²) in [6.07, 6.45) is -9.78. The molecule has 18 heavy (non-hydrogen) atoms. The second-order valence-corrected chi connectivity index (χ2v) is 3.55. The fourth-order valence-corrected chi connectivity index (χ4v) is 1.42. The molecule has 8 heteroatoms. The van der Waals surface area contributed by atoms with Crippen LogP contribution in [0.4, 0.5) is 32.0 Å². The number of aliphatic imine (C=N–C) groups is 1. The lowest BCUT2D eigenvalue weighted by Gasteiger charge is -2.15. The van der Waals surface area contributed by atoms with Gasteiger partial charge in [0.2, 0.25) is 0 Å². The molecular formula is C10H5F6NS. The molecule has 0 aliphatic heterocycles. The summed E-state index contributed by atoms with van der Waals surface area (Å²) < 4.78 is 75.1. The van der Waals surface area contributed by atoms with E-state index in [0.717, 1.165) is 6.92 Å². The first-order chi connectivity index (χ1) is 8.07. The highest BCUT2D eigenvalue weighted by Crippen LogP contribution is 2.40. The first-order valence-electron chi connectivity index (χ1n) is 4.44. The van der Waals surface area contributed by atoms with E-state index in [1.807, 2.05) is 0 Å². The fraction of sp³-hybridized carbons (Fsp3) is 0.300. The lowest BCUT2D eigenvalue weighted by Crippen LogP contribution is -2.12. The molecule has 0 radical (unpaired) electrons. The van der Waals surface area contributed by atoms with E-state index in [1.165, 1.54) is 0 Å². The van der Waals surface area contributed by atoms with Crippen molar-refractivity contribution in [3.8, 4) is 0 Å². The van der Waals surface area contributed by atoms with Crippen molar-refractivity contribution in [1.82, 2.24) is 0 Å². The largest absolute Gasteiger partial charge is 0.416 e. The Morgan fingerprint density at radius 3 is 2.00 bits per heavy atom. The molecule has 1 nitrogen and oxygen atoms in total. The van der Waals surface area contributed by atoms with Gasteiger partial charge in [0.15, 0.2) is 0 Å². The van der Waals surface area contributed by atoms with E-state index in [2.05, 4.69) is 17.2 Å². The van der Waals surface area contributed by atoms with Crippen molar-refractivity contribution in [2.45, 2.75) is 19.3 Å². The second-order valence-electron chi connectivity index (χ2n) is 3.37. The third kappa shape index (κ3) is 3.08. The van der Waals surface area contributed by atoms with Crippen LogP contribution in [-0.2, 0) is 12.4 Å². The smallest absolute Gasteiger partial charge is 0.194 e. The molecule has 0 aliphatic rings. The number of hydrogen-bond acceptors (Lipinski definition) is 2. The monoisotopic (exact) mass is 285 g/mol. The van der Waals surface area contributed by atoms with Gasteiger partial charge in [-0.25, -0.2) is 0 Å². The zero-order valence-electron chi connectivity index (χ0n) is 8.78. The predicted octanol–water partition coefficient (Wildman–Crippen LogP) is 4.77. The van der Waals surface area contributed by atoms with Crippen LogP contribution in [0.15, 0.2) is 17.1 Å². The Morgan fingerprint density at radius 2 is 1.61 bits per heavy atom. The van der Waals surface area contributed by atoms with E-state index in [4.69, 9.17) is 0 Å². The highest BCUT2D eigenvalue weighted by molar-refractivity contribution is 7.78. The van der Waals surface area contributed by atoms with Crippen LogP contribution in [0.2, 0.25) is 0 Å². The van der Waals surface area contributed by atoms with Gasteiger partial charge < -0.3 is 0 Å². The van der Waals surface area contributed by atoms with E-state index in [1.54, 1.807) is 5.16 Å². The summed E-state index contributed by atoms with van der Waals surface area (Å²) in [7, 11) is 0. The van der Waals surface area contributed by atoms with Crippen molar-refractivity contribution in [3.63, 3.8) is 0 Å². The number of halogens is 6. The molecule has 0 aromatic heterocycles. The zero-order chi connectivity index (χ0) is 14.1. The number of nitrogens with zero attached hydrogens (tertiary/aromatic N) is 1. The summed E-state index contributed by atoms with van der Waals surface area (Å²) in [5.41, 5.74) is -3.73. The van der Waals surface area contributed by atoms with Gasteiger partial charge in [0, 0.05) is 0 Å². The summed E-state index contributed by atoms with van der Waals surface area (Å²) in [6, 6.07) is 0.557. The van der Waals surface area contributed by atoms with Crippen LogP contribution in [0, 0.1) is 6.92 Å². The molecule has 1 aromatic carbocycles. The van der Waals surface area contributed by atoms with E-state index in [-0.39, 0.29) is 6.07 Å². The molecule has 0 fully saturated rings. The third-order valence-corrected chi connectivity index (χ3v) is 2.27. The minimum Gasteiger partial charge on any atom is -0.194 e. The lowest BCUT2D eigenvalue weighted by atomic mass is 10.0. The van der Waals surface area contributed by atoms with Gasteiger partial charge in [0.1, 0.15) is 0 Å². The van der Waals surface area contributed by atoms with Gasteiger partial charge in [0.05, 0.1) is 22.0 Å². The molecule has 0 aliphatic carbocycles. The Labute approximate surface area is 103 Å². The molecule has 0 bridgehead atoms. The molecule has 0 saturated heterocycles. The van der Waals surface area contributed by atoms with Crippen LogP contribution >= 0.6 is 12.2 Å². The SMILES string of the molecule is Cc1c(N=C=S)cc(C(F)(F)F)cc1C(F)(F)F. The van der Waals surface area contributed by atoms with Gasteiger partial charge >= 0.3 is 12.4 Å². The first kappa shape index (κ1) is 14.7. The van der Waals surface area contributed by atoms with Crippen LogP contribution in [0.5, 0.6) is 0 Å². The maximum Gasteiger partial charge on any atom is 0.416 e. The van der Waals surface area contributed by atoms with Crippen LogP contribution in [0.1, 0.15) is 16.7 Å². The Balaban J connectivity index is 3.62. The van der Waals surface area contributed by atoms with E-state index in [9.17, 15) is 26.3 Å². The number of rotatable bonds is 1. The molecule has 98 valence electrons. The molecule has 0 saturated carbocycles. The van der Waals surface area contributed by atoms with Crippen LogP contribution in [0.3, 0.4) is 0 Å². The highest BCUT2D eigenvalue weighted by Gasteiger charge is 2.38. The van der Waals surface area contributed by atoms with Gasteiger partial charge in [-0.2, -0.15) is 31.3 Å². The molecule has 1 rings (SSSR count). The number of isothiocyanates is 1. The van der Waals surface area contributed by atoms with Crippen molar-refractivity contribution in [1.29, 1.82) is 0 Å². The van der Waals surface area contributed by atoms with Crippen LogP contribution in [-0.4, -0.2) is 5.16 Å². The van der Waals surface area contributed by atoms with Gasteiger partial charge in [-0.05, 0) is 36.8 Å². The number of thiocarbonyl (C=S) groups is 1.